The molecule has 0 spiro atoms. The number of hydrogen-bond acceptors (Lipinski definition) is 2. The molecule has 0 aliphatic carbocycles. The molecule has 27 heavy (non-hydrogen) atoms. The largest absolute Gasteiger partial charge is 0.373 e. The van der Waals surface area contributed by atoms with Gasteiger partial charge in [0.05, 0.1) is 17.1 Å². The molecular formula is C24H28N2O. The van der Waals surface area contributed by atoms with E-state index in [4.69, 9.17) is 4.99 Å². The number of aliphatic hydroxyl groups is 1. The summed E-state index contributed by atoms with van der Waals surface area (Å²) < 4.78 is 0. The Hall–Kier alpha value is -2.39. The van der Waals surface area contributed by atoms with Crippen LogP contribution in [0.3, 0.4) is 0 Å². The van der Waals surface area contributed by atoms with Gasteiger partial charge in [0.2, 0.25) is 0 Å². The van der Waals surface area contributed by atoms with Crippen LogP contribution < -0.4 is 0 Å². The van der Waals surface area contributed by atoms with Crippen LogP contribution in [0.4, 0.5) is 5.69 Å². The SMILES string of the molecule is CC(C)(C)C1=Nc2cccc(C(C)(C)C)c2C1(O)c1cc2ccccc2[nH]1. The van der Waals surface area contributed by atoms with Gasteiger partial charge in [0.1, 0.15) is 0 Å². The Morgan fingerprint density at radius 3 is 2.22 bits per heavy atom. The number of H-pyrrole nitrogens is 1. The summed E-state index contributed by atoms with van der Waals surface area (Å²) in [5, 5.41) is 13.4. The van der Waals surface area contributed by atoms with Crippen LogP contribution in [0.25, 0.3) is 10.9 Å². The number of fused-ring (bicyclic) bond motifs is 2. The molecule has 140 valence electrons. The molecule has 0 amide bonds. The standard InChI is InChI=1S/C24H28N2O/c1-22(2,3)16-11-9-13-18-20(16)24(27,21(26-18)23(4,5)6)19-14-15-10-7-8-12-17(15)25-19/h7-14,25,27H,1-6H3. The summed E-state index contributed by atoms with van der Waals surface area (Å²) >= 11 is 0. The number of rotatable bonds is 1. The van der Waals surface area contributed by atoms with Crippen LogP contribution in [0, 0.1) is 5.41 Å². The van der Waals surface area contributed by atoms with Crippen molar-refractivity contribution in [1.82, 2.24) is 4.98 Å². The first-order chi connectivity index (χ1) is 12.5. The lowest BCUT2D eigenvalue weighted by Crippen LogP contribution is -2.43. The summed E-state index contributed by atoms with van der Waals surface area (Å²) in [6.07, 6.45) is 0. The molecule has 1 aliphatic rings. The fourth-order valence-electron chi connectivity index (χ4n) is 4.20. The molecule has 3 aromatic rings. The van der Waals surface area contributed by atoms with Crippen LogP contribution in [0.2, 0.25) is 0 Å². The zero-order valence-corrected chi connectivity index (χ0v) is 17.0. The molecular weight excluding hydrogens is 332 g/mol. The van der Waals surface area contributed by atoms with Gasteiger partial charge in [-0.3, -0.25) is 4.99 Å². The fourth-order valence-corrected chi connectivity index (χ4v) is 4.20. The first-order valence-corrected chi connectivity index (χ1v) is 9.57. The van der Waals surface area contributed by atoms with Crippen molar-refractivity contribution in [2.45, 2.75) is 52.6 Å². The summed E-state index contributed by atoms with van der Waals surface area (Å²) in [5.41, 5.74) is 3.86. The quantitative estimate of drug-likeness (QED) is 0.563. The van der Waals surface area contributed by atoms with Crippen molar-refractivity contribution in [3.05, 3.63) is 65.4 Å². The first-order valence-electron chi connectivity index (χ1n) is 9.57. The summed E-state index contributed by atoms with van der Waals surface area (Å²) in [7, 11) is 0. The molecule has 0 saturated heterocycles. The van der Waals surface area contributed by atoms with E-state index in [9.17, 15) is 5.11 Å². The Kier molecular flexibility index (Phi) is 3.70. The fraction of sp³-hybridized carbons (Fsp3) is 0.375. The number of nitrogens with zero attached hydrogens (tertiary/aromatic N) is 1. The van der Waals surface area contributed by atoms with Gasteiger partial charge >= 0.3 is 0 Å². The van der Waals surface area contributed by atoms with Crippen molar-refractivity contribution in [3.63, 3.8) is 0 Å². The molecule has 1 unspecified atom stereocenters. The van der Waals surface area contributed by atoms with Crippen LogP contribution in [0.1, 0.15) is 58.4 Å². The Balaban J connectivity index is 2.07. The highest BCUT2D eigenvalue weighted by Crippen LogP contribution is 2.51. The topological polar surface area (TPSA) is 48.4 Å². The average Bonchev–Trinajstić information content (AvgIpc) is 3.14. The van der Waals surface area contributed by atoms with E-state index in [2.05, 4.69) is 64.7 Å². The van der Waals surface area contributed by atoms with E-state index < -0.39 is 5.60 Å². The van der Waals surface area contributed by atoms with E-state index in [1.807, 2.05) is 30.3 Å². The summed E-state index contributed by atoms with van der Waals surface area (Å²) in [6, 6.07) is 16.4. The summed E-state index contributed by atoms with van der Waals surface area (Å²) in [6.45, 7) is 12.9. The smallest absolute Gasteiger partial charge is 0.171 e. The number of para-hydroxylation sites is 1. The number of aromatic amines is 1. The molecule has 0 saturated carbocycles. The van der Waals surface area contributed by atoms with Crippen molar-refractivity contribution in [1.29, 1.82) is 0 Å². The van der Waals surface area contributed by atoms with Crippen molar-refractivity contribution >= 4 is 22.3 Å². The maximum atomic E-state index is 12.3. The maximum absolute atomic E-state index is 12.3. The molecule has 0 fully saturated rings. The molecule has 2 aromatic carbocycles. The van der Waals surface area contributed by atoms with Gasteiger partial charge < -0.3 is 10.1 Å². The van der Waals surface area contributed by atoms with Crippen LogP contribution in [0.5, 0.6) is 0 Å². The molecule has 0 bridgehead atoms. The van der Waals surface area contributed by atoms with E-state index in [-0.39, 0.29) is 10.8 Å². The number of nitrogens with one attached hydrogen (secondary N) is 1. The molecule has 0 radical (unpaired) electrons. The summed E-state index contributed by atoms with van der Waals surface area (Å²) in [5.74, 6) is 0. The predicted octanol–water partition coefficient (Wildman–Crippen LogP) is 5.83. The second kappa shape index (κ2) is 5.56. The van der Waals surface area contributed by atoms with E-state index in [0.29, 0.717) is 0 Å². The lowest BCUT2D eigenvalue weighted by molar-refractivity contribution is 0.143. The highest BCUT2D eigenvalue weighted by Gasteiger charge is 2.50. The molecule has 4 rings (SSSR count). The highest BCUT2D eigenvalue weighted by molar-refractivity contribution is 6.07. The Morgan fingerprint density at radius 1 is 0.889 bits per heavy atom. The number of benzene rings is 2. The van der Waals surface area contributed by atoms with Crippen molar-refractivity contribution in [2.24, 2.45) is 10.4 Å². The summed E-state index contributed by atoms with van der Waals surface area (Å²) in [4.78, 5) is 8.41. The van der Waals surface area contributed by atoms with Crippen LogP contribution in [-0.4, -0.2) is 15.8 Å². The normalized spacial score (nSPS) is 20.0. The van der Waals surface area contributed by atoms with Gasteiger partial charge in [-0.15, -0.1) is 0 Å². The Bertz CT molecular complexity index is 1030. The predicted molar refractivity (Wildman–Crippen MR) is 113 cm³/mol. The van der Waals surface area contributed by atoms with E-state index >= 15 is 0 Å². The minimum absolute atomic E-state index is 0.103. The van der Waals surface area contributed by atoms with Gasteiger partial charge in [-0.2, -0.15) is 0 Å². The van der Waals surface area contributed by atoms with Crippen LogP contribution in [0.15, 0.2) is 53.5 Å². The molecule has 1 aromatic heterocycles. The van der Waals surface area contributed by atoms with Gasteiger partial charge in [0.15, 0.2) is 5.60 Å². The van der Waals surface area contributed by atoms with E-state index in [1.165, 1.54) is 0 Å². The molecule has 2 N–H and O–H groups in total. The van der Waals surface area contributed by atoms with Gasteiger partial charge in [-0.25, -0.2) is 0 Å². The van der Waals surface area contributed by atoms with Crippen LogP contribution in [-0.2, 0) is 11.0 Å². The third-order valence-corrected chi connectivity index (χ3v) is 5.42. The Labute approximate surface area is 161 Å². The second-order valence-electron chi connectivity index (χ2n) is 9.64. The lowest BCUT2D eigenvalue weighted by atomic mass is 9.71. The third kappa shape index (κ3) is 2.64. The van der Waals surface area contributed by atoms with Gasteiger partial charge in [-0.1, -0.05) is 71.9 Å². The van der Waals surface area contributed by atoms with Crippen LogP contribution >= 0.6 is 0 Å². The molecule has 2 heterocycles. The monoisotopic (exact) mass is 360 g/mol. The highest BCUT2D eigenvalue weighted by atomic mass is 16.3. The Morgan fingerprint density at radius 2 is 1.59 bits per heavy atom. The van der Waals surface area contributed by atoms with E-state index in [0.717, 1.165) is 39.1 Å². The first kappa shape index (κ1) is 18.0. The zero-order chi connectivity index (χ0) is 19.6. The molecule has 1 aliphatic heterocycles. The van der Waals surface area contributed by atoms with Crippen molar-refractivity contribution in [2.75, 3.05) is 0 Å². The second-order valence-corrected chi connectivity index (χ2v) is 9.64. The molecule has 3 heteroatoms. The number of aromatic nitrogens is 1. The number of aliphatic imine (C=N–C) groups is 1. The zero-order valence-electron chi connectivity index (χ0n) is 17.0. The lowest BCUT2D eigenvalue weighted by Gasteiger charge is -2.35. The average molecular weight is 361 g/mol. The van der Waals surface area contributed by atoms with E-state index in [1.54, 1.807) is 0 Å². The van der Waals surface area contributed by atoms with Gasteiger partial charge in [0.25, 0.3) is 0 Å². The number of hydrogen-bond donors (Lipinski definition) is 2. The molecule has 1 atom stereocenters. The molecule has 3 nitrogen and oxygen atoms in total. The van der Waals surface area contributed by atoms with Crippen molar-refractivity contribution in [3.8, 4) is 0 Å². The maximum Gasteiger partial charge on any atom is 0.171 e. The third-order valence-electron chi connectivity index (χ3n) is 5.42. The van der Waals surface area contributed by atoms with Gasteiger partial charge in [-0.05, 0) is 34.6 Å². The van der Waals surface area contributed by atoms with Gasteiger partial charge in [0, 0.05) is 16.5 Å². The minimum Gasteiger partial charge on any atom is -0.373 e. The minimum atomic E-state index is -1.27. The van der Waals surface area contributed by atoms with Crippen molar-refractivity contribution < 1.29 is 5.11 Å².